The zero-order chi connectivity index (χ0) is 27.1. The third-order valence-corrected chi connectivity index (χ3v) is 8.07. The van der Waals surface area contributed by atoms with Gasteiger partial charge in [-0.05, 0) is 50.1 Å². The number of ether oxygens (including phenoxy) is 1. The molecule has 38 heavy (non-hydrogen) atoms. The second kappa shape index (κ2) is 9.63. The Kier molecular flexibility index (Phi) is 6.47. The van der Waals surface area contributed by atoms with Crippen LogP contribution in [0.4, 0.5) is 13.2 Å². The fourth-order valence-electron chi connectivity index (χ4n) is 3.90. The Morgan fingerprint density at radius 3 is 2.42 bits per heavy atom. The molecule has 2 heterocycles. The average molecular weight is 544 g/mol. The van der Waals surface area contributed by atoms with Crippen LogP contribution in [0.3, 0.4) is 0 Å². The quantitative estimate of drug-likeness (QED) is 0.364. The molecule has 0 unspecified atom stereocenters. The van der Waals surface area contributed by atoms with Gasteiger partial charge in [-0.15, -0.1) is 13.2 Å². The van der Waals surface area contributed by atoms with Crippen molar-refractivity contribution >= 4 is 26.8 Å². The molecule has 9 nitrogen and oxygen atoms in total. The molecule has 0 saturated heterocycles. The van der Waals surface area contributed by atoms with Crippen LogP contribution in [-0.4, -0.2) is 45.9 Å². The number of amides is 1. The van der Waals surface area contributed by atoms with E-state index in [1.165, 1.54) is 18.6 Å². The van der Waals surface area contributed by atoms with E-state index in [9.17, 15) is 26.4 Å². The van der Waals surface area contributed by atoms with Gasteiger partial charge in [0.25, 0.3) is 5.91 Å². The van der Waals surface area contributed by atoms with Crippen molar-refractivity contribution in [3.8, 4) is 17.1 Å². The molecule has 1 amide bonds. The number of fused-ring (bicyclic) bond motifs is 1. The van der Waals surface area contributed by atoms with Crippen LogP contribution in [0, 0.1) is 0 Å². The third kappa shape index (κ3) is 5.42. The fourth-order valence-corrected chi connectivity index (χ4v) is 5.62. The largest absolute Gasteiger partial charge is 0.573 e. The number of rotatable bonds is 7. The molecule has 0 aliphatic heterocycles. The maximum atomic E-state index is 13.2. The minimum Gasteiger partial charge on any atom is -0.406 e. The number of carbonyl (C=O) groups is 1. The lowest BCUT2D eigenvalue weighted by atomic mass is 10.1. The van der Waals surface area contributed by atoms with Crippen LogP contribution in [-0.2, 0) is 9.84 Å². The van der Waals surface area contributed by atoms with Crippen molar-refractivity contribution in [1.29, 1.82) is 0 Å². The van der Waals surface area contributed by atoms with E-state index in [-0.39, 0.29) is 5.56 Å². The van der Waals surface area contributed by atoms with E-state index < -0.39 is 44.0 Å². The number of alkyl halides is 3. The second-order valence-corrected chi connectivity index (χ2v) is 10.9. The van der Waals surface area contributed by atoms with E-state index in [0.29, 0.717) is 41.0 Å². The number of sulfone groups is 1. The molecule has 196 valence electrons. The van der Waals surface area contributed by atoms with Crippen LogP contribution in [0.1, 0.15) is 41.9 Å². The molecule has 0 radical (unpaired) electrons. The average Bonchev–Trinajstić information content (AvgIpc) is 3.73. The SMILES string of the molecule is C[C@H](NC(=O)c1cc(OC(F)(F)F)cc(S(=O)(=O)C2CC2)c1)c1nc2ccccc2nc1-c1cnccn1. The van der Waals surface area contributed by atoms with Crippen LogP contribution in [0.5, 0.6) is 5.75 Å². The van der Waals surface area contributed by atoms with E-state index >= 15 is 0 Å². The molecule has 1 aliphatic rings. The molecular formula is C25H20F3N5O4S. The summed E-state index contributed by atoms with van der Waals surface area (Å²) >= 11 is 0. The van der Waals surface area contributed by atoms with Gasteiger partial charge < -0.3 is 10.1 Å². The molecule has 0 spiro atoms. The fraction of sp³-hybridized carbons (Fsp3) is 0.240. The first kappa shape index (κ1) is 25.5. The second-order valence-electron chi connectivity index (χ2n) is 8.72. The molecule has 4 aromatic rings. The van der Waals surface area contributed by atoms with Crippen molar-refractivity contribution < 1.29 is 31.1 Å². The predicted octanol–water partition coefficient (Wildman–Crippen LogP) is 4.41. The molecule has 2 aromatic heterocycles. The summed E-state index contributed by atoms with van der Waals surface area (Å²) in [7, 11) is -3.91. The highest BCUT2D eigenvalue weighted by Crippen LogP contribution is 2.36. The van der Waals surface area contributed by atoms with Gasteiger partial charge in [-0.25, -0.2) is 18.4 Å². The van der Waals surface area contributed by atoms with Gasteiger partial charge in [0.15, 0.2) is 9.84 Å². The van der Waals surface area contributed by atoms with Crippen LogP contribution in [0.25, 0.3) is 22.4 Å². The van der Waals surface area contributed by atoms with Gasteiger partial charge >= 0.3 is 6.36 Å². The van der Waals surface area contributed by atoms with Gasteiger partial charge in [-0.1, -0.05) is 12.1 Å². The summed E-state index contributed by atoms with van der Waals surface area (Å²) in [5.41, 5.74) is 1.92. The van der Waals surface area contributed by atoms with Crippen molar-refractivity contribution in [2.24, 2.45) is 0 Å². The van der Waals surface area contributed by atoms with Crippen molar-refractivity contribution in [3.05, 3.63) is 72.3 Å². The maximum absolute atomic E-state index is 13.2. The first-order valence-corrected chi connectivity index (χ1v) is 13.0. The van der Waals surface area contributed by atoms with Crippen LogP contribution in [0.15, 0.2) is 66.0 Å². The first-order chi connectivity index (χ1) is 18.0. The lowest BCUT2D eigenvalue weighted by Gasteiger charge is -2.18. The summed E-state index contributed by atoms with van der Waals surface area (Å²) in [6, 6.07) is 8.96. The highest BCUT2D eigenvalue weighted by molar-refractivity contribution is 7.92. The van der Waals surface area contributed by atoms with E-state index in [0.717, 1.165) is 18.2 Å². The molecule has 13 heteroatoms. The number of nitrogens with zero attached hydrogens (tertiary/aromatic N) is 4. The molecule has 2 aromatic carbocycles. The summed E-state index contributed by atoms with van der Waals surface area (Å²) in [4.78, 5) is 30.4. The van der Waals surface area contributed by atoms with E-state index in [4.69, 9.17) is 0 Å². The van der Waals surface area contributed by atoms with Crippen LogP contribution < -0.4 is 10.1 Å². The predicted molar refractivity (Wildman–Crippen MR) is 130 cm³/mol. The summed E-state index contributed by atoms with van der Waals surface area (Å²) in [5, 5.41) is 1.99. The molecule has 1 aliphatic carbocycles. The Morgan fingerprint density at radius 1 is 1.08 bits per heavy atom. The Balaban J connectivity index is 1.52. The van der Waals surface area contributed by atoms with E-state index in [1.54, 1.807) is 31.2 Å². The molecule has 1 N–H and O–H groups in total. The smallest absolute Gasteiger partial charge is 0.406 e. The number of carbonyl (C=O) groups excluding carboxylic acids is 1. The summed E-state index contributed by atoms with van der Waals surface area (Å²) < 4.78 is 68.3. The minimum atomic E-state index is -5.07. The molecule has 0 bridgehead atoms. The molecule has 5 rings (SSSR count). The number of para-hydroxylation sites is 2. The van der Waals surface area contributed by atoms with Gasteiger partial charge in [-0.2, -0.15) is 0 Å². The zero-order valence-corrected chi connectivity index (χ0v) is 20.6. The van der Waals surface area contributed by atoms with Gasteiger partial charge in [0.2, 0.25) is 0 Å². The molecule has 1 fully saturated rings. The normalized spacial score (nSPS) is 14.7. The maximum Gasteiger partial charge on any atom is 0.573 e. The van der Waals surface area contributed by atoms with Crippen LogP contribution in [0.2, 0.25) is 0 Å². The summed E-state index contributed by atoms with van der Waals surface area (Å²) in [5.74, 6) is -1.62. The molecule has 1 saturated carbocycles. The van der Waals surface area contributed by atoms with E-state index in [1.807, 2.05) is 0 Å². The van der Waals surface area contributed by atoms with Crippen molar-refractivity contribution in [2.45, 2.75) is 42.3 Å². The van der Waals surface area contributed by atoms with Gasteiger partial charge in [0, 0.05) is 18.0 Å². The lowest BCUT2D eigenvalue weighted by Crippen LogP contribution is -2.28. The molecular weight excluding hydrogens is 523 g/mol. The highest BCUT2D eigenvalue weighted by Gasteiger charge is 2.38. The number of aromatic nitrogens is 4. The zero-order valence-electron chi connectivity index (χ0n) is 19.8. The van der Waals surface area contributed by atoms with Gasteiger partial charge in [0.05, 0.1) is 39.1 Å². The number of benzene rings is 2. The Morgan fingerprint density at radius 2 is 1.79 bits per heavy atom. The van der Waals surface area contributed by atoms with E-state index in [2.05, 4.69) is 30.0 Å². The van der Waals surface area contributed by atoms with Crippen LogP contribution >= 0.6 is 0 Å². The summed E-state index contributed by atoms with van der Waals surface area (Å²) in [6.07, 6.45) is 0.187. The number of hydrogen-bond acceptors (Lipinski definition) is 8. The minimum absolute atomic E-state index is 0.312. The third-order valence-electron chi connectivity index (χ3n) is 5.83. The highest BCUT2D eigenvalue weighted by atomic mass is 32.2. The number of halogens is 3. The topological polar surface area (TPSA) is 124 Å². The number of hydrogen-bond donors (Lipinski definition) is 1. The Hall–Kier alpha value is -4.13. The van der Waals surface area contributed by atoms with Gasteiger partial charge in [-0.3, -0.25) is 14.8 Å². The Labute approximate surface area is 215 Å². The first-order valence-electron chi connectivity index (χ1n) is 11.5. The summed E-state index contributed by atoms with van der Waals surface area (Å²) in [6.45, 7) is 1.62. The van der Waals surface area contributed by atoms with Crippen molar-refractivity contribution in [1.82, 2.24) is 25.3 Å². The number of nitrogens with one attached hydrogen (secondary N) is 1. The van der Waals surface area contributed by atoms with Crippen molar-refractivity contribution in [2.75, 3.05) is 0 Å². The van der Waals surface area contributed by atoms with Crippen molar-refractivity contribution in [3.63, 3.8) is 0 Å². The monoisotopic (exact) mass is 543 g/mol. The molecule has 1 atom stereocenters. The van der Waals surface area contributed by atoms with Gasteiger partial charge in [0.1, 0.15) is 17.1 Å². The standard InChI is InChI=1S/C25H20F3N5O4S/c1-14(22-23(21-13-29-8-9-30-21)33-20-5-3-2-4-19(20)32-22)31-24(34)15-10-16(37-25(26,27)28)12-18(11-15)38(35,36)17-6-7-17/h2-5,8-14,17H,6-7H2,1H3,(H,31,34)/t14-/m0/s1. The Bertz CT molecular complexity index is 1630. The lowest BCUT2D eigenvalue weighted by molar-refractivity contribution is -0.274.